The lowest BCUT2D eigenvalue weighted by Gasteiger charge is -2.47. The van der Waals surface area contributed by atoms with Crippen molar-refractivity contribution in [3.63, 3.8) is 0 Å². The third-order valence-corrected chi connectivity index (χ3v) is 6.15. The summed E-state index contributed by atoms with van der Waals surface area (Å²) >= 11 is 9.76. The Labute approximate surface area is 141 Å². The van der Waals surface area contributed by atoms with E-state index >= 15 is 0 Å². The van der Waals surface area contributed by atoms with Gasteiger partial charge in [0, 0.05) is 28.1 Å². The van der Waals surface area contributed by atoms with Crippen LogP contribution in [0.15, 0.2) is 22.7 Å². The number of fused-ring (bicyclic) bond motifs is 1. The van der Waals surface area contributed by atoms with Crippen LogP contribution in [0.5, 0.6) is 0 Å². The molecule has 1 aromatic rings. The summed E-state index contributed by atoms with van der Waals surface area (Å²) in [6, 6.07) is 7.14. The van der Waals surface area contributed by atoms with Gasteiger partial charge in [0.05, 0.1) is 0 Å². The molecule has 1 aliphatic carbocycles. The number of nitrogens with two attached hydrogens (primary N) is 1. The number of hydrogen-bond donors (Lipinski definition) is 1. The molecule has 0 bridgehead atoms. The average molecular weight is 372 g/mol. The minimum absolute atomic E-state index is 0.308. The number of nitrogens with zero attached hydrogens (tertiary/aromatic N) is 1. The van der Waals surface area contributed by atoms with Crippen LogP contribution in [0.3, 0.4) is 0 Å². The van der Waals surface area contributed by atoms with E-state index in [0.29, 0.717) is 12.6 Å². The van der Waals surface area contributed by atoms with Gasteiger partial charge in [-0.15, -0.1) is 0 Å². The fourth-order valence-electron chi connectivity index (χ4n) is 4.26. The van der Waals surface area contributed by atoms with Crippen molar-refractivity contribution in [2.75, 3.05) is 13.1 Å². The van der Waals surface area contributed by atoms with Crippen molar-refractivity contribution >= 4 is 27.5 Å². The predicted octanol–water partition coefficient (Wildman–Crippen LogP) is 4.76. The van der Waals surface area contributed by atoms with Crippen LogP contribution in [-0.2, 0) is 0 Å². The molecule has 1 aromatic carbocycles. The van der Waals surface area contributed by atoms with Gasteiger partial charge < -0.3 is 5.73 Å². The summed E-state index contributed by atoms with van der Waals surface area (Å²) < 4.78 is 1.09. The van der Waals surface area contributed by atoms with Crippen molar-refractivity contribution in [2.45, 2.75) is 50.6 Å². The normalized spacial score (nSPS) is 28.1. The monoisotopic (exact) mass is 370 g/mol. The second-order valence-corrected chi connectivity index (χ2v) is 7.70. The van der Waals surface area contributed by atoms with Crippen molar-refractivity contribution < 1.29 is 0 Å². The Morgan fingerprint density at radius 3 is 2.76 bits per heavy atom. The Bertz CT molecular complexity index is 492. The molecule has 0 radical (unpaired) electrons. The molecule has 2 fully saturated rings. The molecular weight excluding hydrogens is 348 g/mol. The van der Waals surface area contributed by atoms with Crippen LogP contribution < -0.4 is 5.73 Å². The quantitative estimate of drug-likeness (QED) is 0.830. The molecule has 1 saturated heterocycles. The number of hydrogen-bond acceptors (Lipinski definition) is 2. The lowest BCUT2D eigenvalue weighted by Crippen LogP contribution is -2.50. The van der Waals surface area contributed by atoms with E-state index in [4.69, 9.17) is 17.3 Å². The Hall–Kier alpha value is -0.0900. The highest BCUT2D eigenvalue weighted by Gasteiger charge is 2.37. The lowest BCUT2D eigenvalue weighted by molar-refractivity contribution is 0.0274. The van der Waals surface area contributed by atoms with Crippen LogP contribution in [0.1, 0.15) is 50.1 Å². The van der Waals surface area contributed by atoms with E-state index in [-0.39, 0.29) is 0 Å². The summed E-state index contributed by atoms with van der Waals surface area (Å²) in [5.74, 6) is 0.882. The number of likely N-dealkylation sites (tertiary alicyclic amines) is 1. The SMILES string of the molecule is NCC(c1ccc(Cl)cc1Br)N1CCCC2CCCCC21. The Morgan fingerprint density at radius 2 is 2.00 bits per heavy atom. The fourth-order valence-corrected chi connectivity index (χ4v) is 5.21. The molecule has 116 valence electrons. The van der Waals surface area contributed by atoms with Gasteiger partial charge in [-0.25, -0.2) is 0 Å². The van der Waals surface area contributed by atoms with E-state index in [1.54, 1.807) is 0 Å². The van der Waals surface area contributed by atoms with Crippen molar-refractivity contribution in [2.24, 2.45) is 11.7 Å². The Morgan fingerprint density at radius 1 is 1.24 bits per heavy atom. The summed E-state index contributed by atoms with van der Waals surface area (Å²) in [4.78, 5) is 2.68. The van der Waals surface area contributed by atoms with Crippen molar-refractivity contribution in [3.05, 3.63) is 33.3 Å². The molecule has 2 nitrogen and oxygen atoms in total. The second-order valence-electron chi connectivity index (χ2n) is 6.41. The van der Waals surface area contributed by atoms with E-state index in [1.165, 1.54) is 50.6 Å². The Kier molecular flexibility index (Phi) is 5.26. The van der Waals surface area contributed by atoms with Gasteiger partial charge in [0.25, 0.3) is 0 Å². The van der Waals surface area contributed by atoms with Crippen LogP contribution in [0.2, 0.25) is 5.02 Å². The molecule has 1 aliphatic heterocycles. The van der Waals surface area contributed by atoms with Crippen LogP contribution in [0, 0.1) is 5.92 Å². The topological polar surface area (TPSA) is 29.3 Å². The first kappa shape index (κ1) is 15.8. The van der Waals surface area contributed by atoms with Gasteiger partial charge in [-0.05, 0) is 55.8 Å². The summed E-state index contributed by atoms with van der Waals surface area (Å²) in [5, 5.41) is 0.774. The molecule has 2 aliphatic rings. The van der Waals surface area contributed by atoms with Gasteiger partial charge in [0.1, 0.15) is 0 Å². The number of rotatable bonds is 3. The predicted molar refractivity (Wildman–Crippen MR) is 92.6 cm³/mol. The Balaban J connectivity index is 1.87. The number of halogens is 2. The molecule has 0 aromatic heterocycles. The first-order chi connectivity index (χ1) is 10.2. The van der Waals surface area contributed by atoms with Gasteiger partial charge in [-0.2, -0.15) is 0 Å². The second kappa shape index (κ2) is 6.99. The molecule has 2 N–H and O–H groups in total. The molecule has 0 amide bonds. The zero-order chi connectivity index (χ0) is 14.8. The van der Waals surface area contributed by atoms with Crippen LogP contribution in [-0.4, -0.2) is 24.0 Å². The number of piperidine rings is 1. The van der Waals surface area contributed by atoms with Crippen LogP contribution in [0.25, 0.3) is 0 Å². The van der Waals surface area contributed by atoms with E-state index in [9.17, 15) is 0 Å². The zero-order valence-electron chi connectivity index (χ0n) is 12.4. The summed E-state index contributed by atoms with van der Waals surface area (Å²) in [7, 11) is 0. The molecule has 0 spiro atoms. The van der Waals surface area contributed by atoms with Crippen LogP contribution in [0.4, 0.5) is 0 Å². The summed E-state index contributed by atoms with van der Waals surface area (Å²) in [5.41, 5.74) is 7.45. The lowest BCUT2D eigenvalue weighted by atomic mass is 9.77. The minimum atomic E-state index is 0.308. The maximum atomic E-state index is 6.17. The van der Waals surface area contributed by atoms with Gasteiger partial charge in [0.15, 0.2) is 0 Å². The first-order valence-electron chi connectivity index (χ1n) is 8.11. The third-order valence-electron chi connectivity index (χ3n) is 5.23. The van der Waals surface area contributed by atoms with E-state index in [2.05, 4.69) is 26.9 Å². The smallest absolute Gasteiger partial charge is 0.0484 e. The van der Waals surface area contributed by atoms with Gasteiger partial charge in [0.2, 0.25) is 0 Å². The molecular formula is C17H24BrClN2. The molecule has 3 unspecified atom stereocenters. The van der Waals surface area contributed by atoms with Crippen molar-refractivity contribution in [1.82, 2.24) is 4.90 Å². The minimum Gasteiger partial charge on any atom is -0.329 e. The molecule has 21 heavy (non-hydrogen) atoms. The largest absolute Gasteiger partial charge is 0.329 e. The highest BCUT2D eigenvalue weighted by Crippen LogP contribution is 2.40. The maximum Gasteiger partial charge on any atom is 0.0484 e. The molecule has 1 saturated carbocycles. The zero-order valence-corrected chi connectivity index (χ0v) is 14.7. The fraction of sp³-hybridized carbons (Fsp3) is 0.647. The standard InChI is InChI=1S/C17H24BrClN2/c18-15-10-13(19)7-8-14(15)17(11-20)21-9-3-5-12-4-1-2-6-16(12)21/h7-8,10,12,16-17H,1-6,9,11,20H2. The van der Waals surface area contributed by atoms with E-state index < -0.39 is 0 Å². The highest BCUT2D eigenvalue weighted by atomic mass is 79.9. The summed E-state index contributed by atoms with van der Waals surface area (Å²) in [6.07, 6.45) is 8.24. The third kappa shape index (κ3) is 3.31. The highest BCUT2D eigenvalue weighted by molar-refractivity contribution is 9.10. The average Bonchev–Trinajstić information content (AvgIpc) is 2.50. The number of benzene rings is 1. The maximum absolute atomic E-state index is 6.17. The first-order valence-corrected chi connectivity index (χ1v) is 9.28. The van der Waals surface area contributed by atoms with Crippen molar-refractivity contribution in [1.29, 1.82) is 0 Å². The van der Waals surface area contributed by atoms with Crippen molar-refractivity contribution in [3.8, 4) is 0 Å². The molecule has 3 rings (SSSR count). The molecule has 4 heteroatoms. The van der Waals surface area contributed by atoms with Crippen LogP contribution >= 0.6 is 27.5 Å². The van der Waals surface area contributed by atoms with E-state index in [1.807, 2.05) is 12.1 Å². The van der Waals surface area contributed by atoms with E-state index in [0.717, 1.165) is 21.5 Å². The van der Waals surface area contributed by atoms with Gasteiger partial charge in [-0.3, -0.25) is 4.90 Å². The van der Waals surface area contributed by atoms with Gasteiger partial charge >= 0.3 is 0 Å². The summed E-state index contributed by atoms with van der Waals surface area (Å²) in [6.45, 7) is 1.85. The molecule has 1 heterocycles. The molecule has 3 atom stereocenters. The van der Waals surface area contributed by atoms with Gasteiger partial charge in [-0.1, -0.05) is 46.4 Å².